The highest BCUT2D eigenvalue weighted by atomic mass is 32.2. The van der Waals surface area contributed by atoms with Crippen molar-refractivity contribution in [3.8, 4) is 0 Å². The van der Waals surface area contributed by atoms with Gasteiger partial charge in [0.1, 0.15) is 6.54 Å². The Kier molecular flexibility index (Phi) is 3.12. The highest BCUT2D eigenvalue weighted by molar-refractivity contribution is 8.16. The highest BCUT2D eigenvalue weighted by Gasteiger charge is 2.32. The van der Waals surface area contributed by atoms with Crippen LogP contribution in [0.25, 0.3) is 5.70 Å². The maximum Gasteiger partial charge on any atom is 0.406 e. The van der Waals surface area contributed by atoms with Crippen LogP contribution in [0.3, 0.4) is 0 Å². The second-order valence-corrected chi connectivity index (χ2v) is 5.76. The lowest BCUT2D eigenvalue weighted by molar-refractivity contribution is -0.141. The zero-order chi connectivity index (χ0) is 14.5. The van der Waals surface area contributed by atoms with E-state index in [-0.39, 0.29) is 0 Å². The summed E-state index contributed by atoms with van der Waals surface area (Å²) in [6.45, 7) is 4.07. The lowest BCUT2D eigenvalue weighted by atomic mass is 10.2. The molecule has 0 unspecified atom stereocenters. The maximum atomic E-state index is 12.6. The van der Waals surface area contributed by atoms with Crippen molar-refractivity contribution >= 4 is 22.6 Å². The first-order valence-electron chi connectivity index (χ1n) is 6.29. The van der Waals surface area contributed by atoms with Gasteiger partial charge in [-0.3, -0.25) is 4.99 Å². The van der Waals surface area contributed by atoms with E-state index in [9.17, 15) is 13.2 Å². The third kappa shape index (κ3) is 2.24. The van der Waals surface area contributed by atoms with E-state index in [4.69, 9.17) is 0 Å². The number of alkyl halides is 3. The summed E-state index contributed by atoms with van der Waals surface area (Å²) in [5, 5.41) is 2.91. The van der Waals surface area contributed by atoms with Gasteiger partial charge < -0.3 is 9.47 Å². The normalized spacial score (nSPS) is 18.4. The van der Waals surface area contributed by atoms with Crippen molar-refractivity contribution in [2.45, 2.75) is 26.6 Å². The largest absolute Gasteiger partial charge is 0.406 e. The summed E-state index contributed by atoms with van der Waals surface area (Å²) < 4.78 is 39.2. The SMILES string of the molecule is Cc1cc(C2=CSC3=NCCN23)c(C)n1CC(F)(F)F. The summed E-state index contributed by atoms with van der Waals surface area (Å²) >= 11 is 1.54. The molecule has 3 rings (SSSR count). The van der Waals surface area contributed by atoms with Crippen LogP contribution >= 0.6 is 11.8 Å². The molecule has 0 spiro atoms. The number of halogens is 3. The quantitative estimate of drug-likeness (QED) is 0.834. The van der Waals surface area contributed by atoms with Gasteiger partial charge in [0.05, 0.1) is 12.2 Å². The number of amidine groups is 1. The molecule has 1 aromatic rings. The zero-order valence-electron chi connectivity index (χ0n) is 11.2. The Bertz CT molecular complexity index is 613. The van der Waals surface area contributed by atoms with Crippen molar-refractivity contribution in [3.63, 3.8) is 0 Å². The van der Waals surface area contributed by atoms with Crippen LogP contribution in [-0.4, -0.2) is 33.9 Å². The number of rotatable bonds is 2. The molecule has 0 amide bonds. The summed E-state index contributed by atoms with van der Waals surface area (Å²) in [4.78, 5) is 6.43. The monoisotopic (exact) mass is 301 g/mol. The smallest absolute Gasteiger partial charge is 0.339 e. The fraction of sp³-hybridized carbons (Fsp3) is 0.462. The van der Waals surface area contributed by atoms with E-state index in [1.807, 2.05) is 11.5 Å². The number of aryl methyl sites for hydroxylation is 1. The number of aliphatic imine (C=N–C) groups is 1. The standard InChI is InChI=1S/C13H14F3N3S/c1-8-5-10(9(2)19(8)7-13(14,15)16)11-6-20-12-17-3-4-18(11)12/h5-6H,3-4,7H2,1-2H3. The van der Waals surface area contributed by atoms with Crippen molar-refractivity contribution < 1.29 is 13.2 Å². The van der Waals surface area contributed by atoms with E-state index in [2.05, 4.69) is 9.89 Å². The molecule has 108 valence electrons. The molecule has 0 aliphatic carbocycles. The molecule has 1 aromatic heterocycles. The minimum atomic E-state index is -4.20. The number of thioether (sulfide) groups is 1. The topological polar surface area (TPSA) is 20.5 Å². The summed E-state index contributed by atoms with van der Waals surface area (Å²) in [5.74, 6) is 0. The van der Waals surface area contributed by atoms with Gasteiger partial charge in [-0.25, -0.2) is 0 Å². The molecule has 0 fully saturated rings. The number of fused-ring (bicyclic) bond motifs is 1. The van der Waals surface area contributed by atoms with Crippen LogP contribution in [0.5, 0.6) is 0 Å². The third-order valence-corrected chi connectivity index (χ3v) is 4.46. The van der Waals surface area contributed by atoms with Gasteiger partial charge in [0.25, 0.3) is 0 Å². The van der Waals surface area contributed by atoms with Crippen LogP contribution in [0.4, 0.5) is 13.2 Å². The van der Waals surface area contributed by atoms with E-state index >= 15 is 0 Å². The summed E-state index contributed by atoms with van der Waals surface area (Å²) in [7, 11) is 0. The molecule has 3 heterocycles. The number of hydrogen-bond donors (Lipinski definition) is 0. The van der Waals surface area contributed by atoms with Crippen molar-refractivity contribution in [3.05, 3.63) is 28.4 Å². The number of nitrogens with zero attached hydrogens (tertiary/aromatic N) is 3. The molecule has 7 heteroatoms. The van der Waals surface area contributed by atoms with Gasteiger partial charge >= 0.3 is 6.18 Å². The van der Waals surface area contributed by atoms with Crippen LogP contribution in [0.2, 0.25) is 0 Å². The molecule has 20 heavy (non-hydrogen) atoms. The minimum absolute atomic E-state index is 0.630. The Hall–Kier alpha value is -1.37. The van der Waals surface area contributed by atoms with Gasteiger partial charge in [0.2, 0.25) is 0 Å². The number of aromatic nitrogens is 1. The summed E-state index contributed by atoms with van der Waals surface area (Å²) in [5.41, 5.74) is 3.12. The molecule has 0 saturated heterocycles. The van der Waals surface area contributed by atoms with Crippen LogP contribution < -0.4 is 0 Å². The fourth-order valence-electron chi connectivity index (χ4n) is 2.62. The van der Waals surface area contributed by atoms with Gasteiger partial charge in [-0.1, -0.05) is 11.8 Å². The van der Waals surface area contributed by atoms with Crippen LogP contribution in [-0.2, 0) is 6.54 Å². The fourth-order valence-corrected chi connectivity index (χ4v) is 3.57. The first kappa shape index (κ1) is 13.6. The molecule has 3 nitrogen and oxygen atoms in total. The van der Waals surface area contributed by atoms with E-state index < -0.39 is 12.7 Å². The second-order valence-electron chi connectivity index (χ2n) is 4.92. The Labute approximate surface area is 119 Å². The predicted octanol–water partition coefficient (Wildman–Crippen LogP) is 3.38. The predicted molar refractivity (Wildman–Crippen MR) is 74.5 cm³/mol. The molecule has 2 aliphatic heterocycles. The molecule has 0 saturated carbocycles. The zero-order valence-corrected chi connectivity index (χ0v) is 12.0. The molecule has 0 N–H and O–H groups in total. The molecule has 0 aromatic carbocycles. The van der Waals surface area contributed by atoms with Crippen LogP contribution in [0, 0.1) is 13.8 Å². The van der Waals surface area contributed by atoms with E-state index in [1.165, 1.54) is 16.3 Å². The molecular formula is C13H14F3N3S. The second kappa shape index (κ2) is 4.58. The third-order valence-electron chi connectivity index (χ3n) is 3.56. The van der Waals surface area contributed by atoms with Gasteiger partial charge in [-0.15, -0.1) is 0 Å². The lowest BCUT2D eigenvalue weighted by Gasteiger charge is -2.17. The van der Waals surface area contributed by atoms with Crippen molar-refractivity contribution in [1.82, 2.24) is 9.47 Å². The Morgan fingerprint density at radius 1 is 1.35 bits per heavy atom. The number of hydrogen-bond acceptors (Lipinski definition) is 3. The van der Waals surface area contributed by atoms with Gasteiger partial charge in [0, 0.05) is 28.9 Å². The maximum absolute atomic E-state index is 12.6. The Morgan fingerprint density at radius 3 is 2.80 bits per heavy atom. The first-order chi connectivity index (χ1) is 9.37. The van der Waals surface area contributed by atoms with Gasteiger partial charge in [-0.2, -0.15) is 13.2 Å². The molecule has 0 bridgehead atoms. The Balaban J connectivity index is 1.96. The molecular weight excluding hydrogens is 287 g/mol. The average Bonchev–Trinajstić information content (AvgIpc) is 2.98. The van der Waals surface area contributed by atoms with Gasteiger partial charge in [0.15, 0.2) is 5.17 Å². The van der Waals surface area contributed by atoms with Crippen LogP contribution in [0.15, 0.2) is 16.5 Å². The van der Waals surface area contributed by atoms with E-state index in [0.717, 1.165) is 29.5 Å². The van der Waals surface area contributed by atoms with E-state index in [0.29, 0.717) is 11.4 Å². The lowest BCUT2D eigenvalue weighted by Crippen LogP contribution is -2.21. The van der Waals surface area contributed by atoms with Gasteiger partial charge in [-0.05, 0) is 19.9 Å². The summed E-state index contributed by atoms with van der Waals surface area (Å²) in [6, 6.07) is 1.83. The van der Waals surface area contributed by atoms with E-state index in [1.54, 1.807) is 13.8 Å². The van der Waals surface area contributed by atoms with Crippen LogP contribution in [0.1, 0.15) is 17.0 Å². The molecule has 0 atom stereocenters. The summed E-state index contributed by atoms with van der Waals surface area (Å²) in [6.07, 6.45) is -4.20. The van der Waals surface area contributed by atoms with Crippen molar-refractivity contribution in [2.75, 3.05) is 13.1 Å². The molecule has 2 aliphatic rings. The average molecular weight is 301 g/mol. The molecule has 0 radical (unpaired) electrons. The van der Waals surface area contributed by atoms with Crippen molar-refractivity contribution in [2.24, 2.45) is 4.99 Å². The van der Waals surface area contributed by atoms with Crippen molar-refractivity contribution in [1.29, 1.82) is 0 Å². The minimum Gasteiger partial charge on any atom is -0.339 e. The Morgan fingerprint density at radius 2 is 2.10 bits per heavy atom. The highest BCUT2D eigenvalue weighted by Crippen LogP contribution is 2.37. The first-order valence-corrected chi connectivity index (χ1v) is 7.17.